The molecule has 0 atom stereocenters. The molecule has 0 aliphatic heterocycles. The Morgan fingerprint density at radius 3 is 1.90 bits per heavy atom. The maximum Gasteiger partial charge on any atom is 0.149 e. The van der Waals surface area contributed by atoms with Crippen molar-refractivity contribution < 1.29 is 9.52 Å². The predicted molar refractivity (Wildman–Crippen MR) is 259 cm³/mol. The molecule has 0 aliphatic carbocycles. The van der Waals surface area contributed by atoms with E-state index in [9.17, 15) is 5.11 Å². The van der Waals surface area contributed by atoms with Crippen LogP contribution in [-0.4, -0.2) is 19.6 Å². The molecular formula is C58H43N3O2. The van der Waals surface area contributed by atoms with Gasteiger partial charge in [-0.1, -0.05) is 160 Å². The number of furan rings is 1. The maximum atomic E-state index is 12.0. The van der Waals surface area contributed by atoms with Gasteiger partial charge in [0.05, 0.1) is 28.0 Å². The van der Waals surface area contributed by atoms with E-state index in [1.165, 1.54) is 16.7 Å². The molecule has 0 aliphatic rings. The van der Waals surface area contributed by atoms with Crippen LogP contribution in [0.5, 0.6) is 5.75 Å². The Bertz CT molecular complexity index is 3490. The van der Waals surface area contributed by atoms with Gasteiger partial charge in [-0.2, -0.15) is 0 Å². The van der Waals surface area contributed by atoms with Crippen LogP contribution >= 0.6 is 0 Å². The summed E-state index contributed by atoms with van der Waals surface area (Å²) >= 11 is 0. The van der Waals surface area contributed by atoms with E-state index in [-0.39, 0.29) is 11.2 Å². The summed E-state index contributed by atoms with van der Waals surface area (Å²) in [6.45, 7) is 6.75. The lowest BCUT2D eigenvalue weighted by molar-refractivity contribution is 0.477. The number of phenolic OH excluding ortho intramolecular Hbond substituents is 1. The molecule has 5 heteroatoms. The normalized spacial score (nSPS) is 11.8. The third kappa shape index (κ3) is 6.84. The largest absolute Gasteiger partial charge is 0.507 e. The molecule has 302 valence electrons. The van der Waals surface area contributed by atoms with Crippen molar-refractivity contribution in [3.05, 3.63) is 206 Å². The highest BCUT2D eigenvalue weighted by atomic mass is 16.3. The number of rotatable bonds is 7. The average molecular weight is 814 g/mol. The van der Waals surface area contributed by atoms with Gasteiger partial charge in [0.25, 0.3) is 0 Å². The fourth-order valence-corrected chi connectivity index (χ4v) is 8.84. The van der Waals surface area contributed by atoms with Gasteiger partial charge in [0.15, 0.2) is 0 Å². The van der Waals surface area contributed by atoms with Crippen LogP contribution in [0.3, 0.4) is 0 Å². The highest BCUT2D eigenvalue weighted by molar-refractivity contribution is 6.07. The first-order valence-corrected chi connectivity index (χ1v) is 21.4. The highest BCUT2D eigenvalue weighted by Crippen LogP contribution is 2.44. The first-order chi connectivity index (χ1) is 30.8. The monoisotopic (exact) mass is 813 g/mol. The number of fused-ring (bicyclic) bond motifs is 4. The van der Waals surface area contributed by atoms with Crippen molar-refractivity contribution >= 4 is 33.0 Å². The Morgan fingerprint density at radius 1 is 0.476 bits per heavy atom. The fraction of sp³-hybridized carbons (Fsp3) is 0.0690. The van der Waals surface area contributed by atoms with E-state index >= 15 is 0 Å². The number of hydrogen-bond donors (Lipinski definition) is 1. The highest BCUT2D eigenvalue weighted by Gasteiger charge is 2.25. The van der Waals surface area contributed by atoms with Crippen molar-refractivity contribution in [3.63, 3.8) is 0 Å². The molecule has 0 saturated heterocycles. The summed E-state index contributed by atoms with van der Waals surface area (Å²) in [4.78, 5) is 10.5. The van der Waals surface area contributed by atoms with E-state index in [0.717, 1.165) is 77.7 Å². The second kappa shape index (κ2) is 15.2. The van der Waals surface area contributed by atoms with Gasteiger partial charge in [-0.15, -0.1) is 0 Å². The summed E-state index contributed by atoms with van der Waals surface area (Å²) in [5.41, 5.74) is 16.4. The molecule has 0 saturated carbocycles. The van der Waals surface area contributed by atoms with Gasteiger partial charge < -0.3 is 9.52 Å². The van der Waals surface area contributed by atoms with Gasteiger partial charge >= 0.3 is 0 Å². The minimum Gasteiger partial charge on any atom is -0.507 e. The number of benzene rings is 8. The zero-order chi connectivity index (χ0) is 42.7. The average Bonchev–Trinajstić information content (AvgIpc) is 3.89. The van der Waals surface area contributed by atoms with Crippen LogP contribution in [0.25, 0.3) is 106 Å². The predicted octanol–water partition coefficient (Wildman–Crippen LogP) is 15.3. The zero-order valence-corrected chi connectivity index (χ0v) is 35.2. The Hall–Kier alpha value is -8.02. The van der Waals surface area contributed by atoms with Crippen LogP contribution in [0.1, 0.15) is 26.3 Å². The number of aromatic hydroxyl groups is 1. The first-order valence-electron chi connectivity index (χ1n) is 21.4. The smallest absolute Gasteiger partial charge is 0.149 e. The summed E-state index contributed by atoms with van der Waals surface area (Å²) in [6, 6.07) is 67.1. The molecule has 11 aromatic rings. The minimum absolute atomic E-state index is 0.127. The van der Waals surface area contributed by atoms with E-state index in [2.05, 4.69) is 171 Å². The van der Waals surface area contributed by atoms with Gasteiger partial charge in [0, 0.05) is 33.7 Å². The summed E-state index contributed by atoms with van der Waals surface area (Å²) in [5, 5.41) is 13.8. The summed E-state index contributed by atoms with van der Waals surface area (Å²) in [7, 11) is 0. The van der Waals surface area contributed by atoms with Crippen LogP contribution in [0, 0.1) is 0 Å². The van der Waals surface area contributed by atoms with Crippen LogP contribution in [0.4, 0.5) is 0 Å². The zero-order valence-electron chi connectivity index (χ0n) is 35.2. The quantitative estimate of drug-likeness (QED) is 0.174. The molecule has 0 amide bonds. The SMILES string of the molecule is CC(C)(C)c1cc(-c2cc(-c3ccc(-c4ccccc4)cc3)ccn2)cc(-c2cccc3c2nc(-c2cc4oc5ccccc5c4cc2O)n3-c2ccccc2-c2ccccc2)c1. The molecule has 5 nitrogen and oxygen atoms in total. The Labute approximate surface area is 366 Å². The van der Waals surface area contributed by atoms with Gasteiger partial charge in [0.1, 0.15) is 22.7 Å². The molecule has 8 aromatic carbocycles. The number of imidazole rings is 1. The molecule has 0 unspecified atom stereocenters. The number of nitrogens with zero attached hydrogens (tertiary/aromatic N) is 3. The Balaban J connectivity index is 1.10. The number of phenols is 1. The summed E-state index contributed by atoms with van der Waals surface area (Å²) in [5.74, 6) is 0.738. The van der Waals surface area contributed by atoms with Gasteiger partial charge in [-0.3, -0.25) is 9.55 Å². The lowest BCUT2D eigenvalue weighted by atomic mass is 9.83. The molecule has 0 spiro atoms. The molecule has 3 heterocycles. The molecule has 0 bridgehead atoms. The van der Waals surface area contributed by atoms with E-state index < -0.39 is 0 Å². The fourth-order valence-electron chi connectivity index (χ4n) is 8.84. The number of pyridine rings is 1. The lowest BCUT2D eigenvalue weighted by Crippen LogP contribution is -2.11. The van der Waals surface area contributed by atoms with Crippen molar-refractivity contribution in [1.82, 2.24) is 14.5 Å². The molecule has 11 rings (SSSR count). The van der Waals surface area contributed by atoms with E-state index in [4.69, 9.17) is 14.4 Å². The van der Waals surface area contributed by atoms with Crippen molar-refractivity contribution in [1.29, 1.82) is 0 Å². The molecule has 63 heavy (non-hydrogen) atoms. The molecule has 1 N–H and O–H groups in total. The standard InChI is InChI=1S/C58H43N3O2/c1-58(2,3)44-32-42(31-43(33-44)50-34-41(29-30-59-50)39-27-25-38(26-28-39)37-15-6-4-7-16-37)46-21-14-23-52-56(46)60-57(61(52)51-22-12-10-19-45(51)40-17-8-5-9-18-40)49-36-55-48(35-53(49)62)47-20-11-13-24-54(47)63-55/h4-36,62H,1-3H3. The van der Waals surface area contributed by atoms with Crippen molar-refractivity contribution in [2.45, 2.75) is 26.2 Å². The number of aromatic nitrogens is 3. The lowest BCUT2D eigenvalue weighted by Gasteiger charge is -2.22. The van der Waals surface area contributed by atoms with Gasteiger partial charge in [0.2, 0.25) is 0 Å². The van der Waals surface area contributed by atoms with Crippen LogP contribution in [-0.2, 0) is 5.41 Å². The van der Waals surface area contributed by atoms with Crippen molar-refractivity contribution in [2.24, 2.45) is 0 Å². The third-order valence-corrected chi connectivity index (χ3v) is 12.1. The summed E-state index contributed by atoms with van der Waals surface area (Å²) in [6.07, 6.45) is 1.91. The van der Waals surface area contributed by atoms with Gasteiger partial charge in [-0.25, -0.2) is 4.98 Å². The summed E-state index contributed by atoms with van der Waals surface area (Å²) < 4.78 is 8.57. The van der Waals surface area contributed by atoms with Crippen LogP contribution < -0.4 is 0 Å². The second-order valence-electron chi connectivity index (χ2n) is 17.2. The minimum atomic E-state index is -0.156. The molecule has 0 fully saturated rings. The van der Waals surface area contributed by atoms with Crippen LogP contribution in [0.15, 0.2) is 205 Å². The number of para-hydroxylation sites is 3. The van der Waals surface area contributed by atoms with Crippen LogP contribution in [0.2, 0.25) is 0 Å². The first kappa shape index (κ1) is 37.9. The molecule has 3 aromatic heterocycles. The molecular weight excluding hydrogens is 771 g/mol. The van der Waals surface area contributed by atoms with Crippen molar-refractivity contribution in [2.75, 3.05) is 0 Å². The maximum absolute atomic E-state index is 12.0. The van der Waals surface area contributed by atoms with Gasteiger partial charge in [-0.05, 0) is 99.0 Å². The second-order valence-corrected chi connectivity index (χ2v) is 17.2. The Kier molecular flexibility index (Phi) is 9.13. The Morgan fingerprint density at radius 2 is 1.13 bits per heavy atom. The van der Waals surface area contributed by atoms with E-state index in [1.807, 2.05) is 54.7 Å². The van der Waals surface area contributed by atoms with E-state index in [0.29, 0.717) is 17.0 Å². The molecule has 0 radical (unpaired) electrons. The number of hydrogen-bond acceptors (Lipinski definition) is 4. The van der Waals surface area contributed by atoms with E-state index in [1.54, 1.807) is 0 Å². The third-order valence-electron chi connectivity index (χ3n) is 12.1. The topological polar surface area (TPSA) is 64.1 Å². The van der Waals surface area contributed by atoms with Crippen molar-refractivity contribution in [3.8, 4) is 78.6 Å².